The average Bonchev–Trinajstić information content (AvgIpc) is 2.71. The van der Waals surface area contributed by atoms with Crippen LogP contribution in [0, 0.1) is 5.92 Å². The van der Waals surface area contributed by atoms with Gasteiger partial charge in [-0.2, -0.15) is 5.10 Å². The lowest BCUT2D eigenvalue weighted by Gasteiger charge is -2.22. The Morgan fingerprint density at radius 2 is 1.76 bits per heavy atom. The first-order valence-electron chi connectivity index (χ1n) is 8.77. The van der Waals surface area contributed by atoms with Crippen molar-refractivity contribution in [2.45, 2.75) is 32.1 Å². The van der Waals surface area contributed by atoms with Crippen LogP contribution in [0.2, 0.25) is 5.02 Å². The summed E-state index contributed by atoms with van der Waals surface area (Å²) < 4.78 is 0. The minimum absolute atomic E-state index is 0.0601. The lowest BCUT2D eigenvalue weighted by molar-refractivity contribution is -0.139. The molecule has 0 bridgehead atoms. The smallest absolute Gasteiger partial charge is 0.326 e. The van der Waals surface area contributed by atoms with Crippen molar-refractivity contribution >= 4 is 52.3 Å². The first kappa shape index (κ1) is 22.2. The van der Waals surface area contributed by atoms with E-state index in [0.29, 0.717) is 10.7 Å². The Kier molecular flexibility index (Phi) is 7.98. The molecule has 0 spiro atoms. The fraction of sp³-hybridized carbons (Fsp3) is 0.333. The second-order valence-corrected chi connectivity index (χ2v) is 6.77. The Labute approximate surface area is 171 Å². The molecule has 154 valence electrons. The number of rotatable bonds is 6. The molecule has 1 aliphatic rings. The average molecular weight is 422 g/mol. The molecule has 1 fully saturated rings. The van der Waals surface area contributed by atoms with Crippen LogP contribution < -0.4 is 22.0 Å². The van der Waals surface area contributed by atoms with Gasteiger partial charge in [0.25, 0.3) is 0 Å². The fourth-order valence-electron chi connectivity index (χ4n) is 2.73. The maximum atomic E-state index is 12.5. The predicted molar refractivity (Wildman–Crippen MR) is 105 cm³/mol. The summed E-state index contributed by atoms with van der Waals surface area (Å²) in [6.45, 7) is 0. The van der Waals surface area contributed by atoms with Gasteiger partial charge in [0.15, 0.2) is 0 Å². The number of nitrogens with zero attached hydrogens (tertiary/aromatic N) is 1. The van der Waals surface area contributed by atoms with Gasteiger partial charge in [-0.05, 0) is 30.7 Å². The summed E-state index contributed by atoms with van der Waals surface area (Å²) in [5, 5.41) is 6.98. The topological polar surface area (TPSA) is 160 Å². The van der Waals surface area contributed by atoms with Crippen LogP contribution in [-0.4, -0.2) is 35.0 Å². The van der Waals surface area contributed by atoms with Crippen molar-refractivity contribution in [2.24, 2.45) is 16.9 Å². The number of hydrazine groups is 1. The molecule has 5 N–H and O–H groups in total. The third-order valence-corrected chi connectivity index (χ3v) is 4.50. The lowest BCUT2D eigenvalue weighted by atomic mass is 9.82. The molecule has 0 saturated heterocycles. The molecule has 1 aromatic carbocycles. The quantitative estimate of drug-likeness (QED) is 0.226. The van der Waals surface area contributed by atoms with E-state index in [2.05, 4.69) is 10.4 Å². The van der Waals surface area contributed by atoms with E-state index in [1.807, 2.05) is 5.43 Å². The summed E-state index contributed by atoms with van der Waals surface area (Å²) in [4.78, 5) is 58.9. The maximum absolute atomic E-state index is 12.5. The summed E-state index contributed by atoms with van der Waals surface area (Å²) in [6.07, 6.45) is 0.111. The van der Waals surface area contributed by atoms with Crippen molar-refractivity contribution in [3.05, 3.63) is 29.3 Å². The summed E-state index contributed by atoms with van der Waals surface area (Å²) in [5.74, 6) is 0.995. The molecule has 0 heterocycles. The van der Waals surface area contributed by atoms with Gasteiger partial charge in [0.05, 0.1) is 5.92 Å². The molecule has 1 aromatic rings. The van der Waals surface area contributed by atoms with Crippen LogP contribution in [0.4, 0.5) is 5.69 Å². The van der Waals surface area contributed by atoms with Crippen LogP contribution in [0.5, 0.6) is 0 Å². The maximum Gasteiger partial charge on any atom is 0.330 e. The van der Waals surface area contributed by atoms with Crippen molar-refractivity contribution in [2.75, 3.05) is 5.32 Å². The number of carbonyl (C=O) groups is 5. The highest BCUT2D eigenvalue weighted by molar-refractivity contribution is 6.35. The number of hydrogen-bond donors (Lipinski definition) is 4. The Morgan fingerprint density at radius 3 is 2.41 bits per heavy atom. The van der Waals surface area contributed by atoms with Crippen LogP contribution in [0.1, 0.15) is 32.1 Å². The zero-order valence-electron chi connectivity index (χ0n) is 15.4. The molecule has 1 aliphatic carbocycles. The van der Waals surface area contributed by atoms with Crippen molar-refractivity contribution in [3.8, 4) is 0 Å². The monoisotopic (exact) mass is 421 g/mol. The SMILES string of the molecule is NNC(=O)C(=O)N/N=C1\CCC(=O)CC1C(=O)CCC(=O)Nc1ccc(Cl)cc1. The van der Waals surface area contributed by atoms with Crippen molar-refractivity contribution in [3.63, 3.8) is 0 Å². The number of nitrogens with one attached hydrogen (secondary N) is 3. The summed E-state index contributed by atoms with van der Waals surface area (Å²) in [6, 6.07) is 6.51. The van der Waals surface area contributed by atoms with Gasteiger partial charge in [-0.25, -0.2) is 11.3 Å². The molecule has 0 radical (unpaired) electrons. The second-order valence-electron chi connectivity index (χ2n) is 6.33. The largest absolute Gasteiger partial charge is 0.330 e. The fourth-order valence-corrected chi connectivity index (χ4v) is 2.86. The normalized spacial score (nSPS) is 17.5. The van der Waals surface area contributed by atoms with Gasteiger partial charge in [0.1, 0.15) is 11.6 Å². The molecule has 1 unspecified atom stereocenters. The molecule has 11 heteroatoms. The number of carbonyl (C=O) groups excluding carboxylic acids is 5. The van der Waals surface area contributed by atoms with Crippen LogP contribution in [0.15, 0.2) is 29.4 Å². The number of Topliss-reactive ketones (excluding diaryl/α,β-unsaturated/α-hetero) is 2. The number of nitrogens with two attached hydrogens (primary N) is 1. The highest BCUT2D eigenvalue weighted by Crippen LogP contribution is 2.22. The number of anilines is 1. The highest BCUT2D eigenvalue weighted by Gasteiger charge is 2.31. The Balaban J connectivity index is 1.95. The number of hydrogen-bond acceptors (Lipinski definition) is 7. The van der Waals surface area contributed by atoms with Gasteiger partial charge >= 0.3 is 11.8 Å². The van der Waals surface area contributed by atoms with Crippen molar-refractivity contribution in [1.29, 1.82) is 0 Å². The molecule has 10 nitrogen and oxygen atoms in total. The zero-order valence-corrected chi connectivity index (χ0v) is 16.1. The van der Waals surface area contributed by atoms with Crippen LogP contribution in [-0.2, 0) is 24.0 Å². The Bertz CT molecular complexity index is 853. The third kappa shape index (κ3) is 6.77. The third-order valence-electron chi connectivity index (χ3n) is 4.25. The Hall–Kier alpha value is -3.11. The van der Waals surface area contributed by atoms with Crippen LogP contribution >= 0.6 is 11.6 Å². The van der Waals surface area contributed by atoms with Gasteiger partial charge < -0.3 is 5.32 Å². The first-order chi connectivity index (χ1) is 13.8. The minimum atomic E-state index is -1.09. The van der Waals surface area contributed by atoms with E-state index < -0.39 is 17.7 Å². The molecule has 3 amide bonds. The molecule has 0 aliphatic heterocycles. The van der Waals surface area contributed by atoms with E-state index in [0.717, 1.165) is 0 Å². The molecule has 0 aromatic heterocycles. The van der Waals surface area contributed by atoms with E-state index >= 15 is 0 Å². The van der Waals surface area contributed by atoms with Crippen LogP contribution in [0.25, 0.3) is 0 Å². The van der Waals surface area contributed by atoms with E-state index in [4.69, 9.17) is 17.4 Å². The second kappa shape index (κ2) is 10.4. The first-order valence-corrected chi connectivity index (χ1v) is 9.15. The van der Waals surface area contributed by atoms with E-state index in [-0.39, 0.29) is 55.3 Å². The van der Waals surface area contributed by atoms with Crippen molar-refractivity contribution < 1.29 is 24.0 Å². The van der Waals surface area contributed by atoms with Gasteiger partial charge in [-0.15, -0.1) is 0 Å². The number of halogens is 1. The zero-order chi connectivity index (χ0) is 21.4. The lowest BCUT2D eigenvalue weighted by Crippen LogP contribution is -2.42. The van der Waals surface area contributed by atoms with Gasteiger partial charge in [0, 0.05) is 42.1 Å². The standard InChI is InChI=1S/C18H20ClN5O5/c19-10-1-3-11(4-2-10)21-16(27)8-7-15(26)13-9-12(25)5-6-14(13)23-24-18(29)17(28)22-20/h1-4,13H,5-9,20H2,(H,21,27)(H,22,28)(H,24,29)/b23-14+. The van der Waals surface area contributed by atoms with Gasteiger partial charge in [0.2, 0.25) is 5.91 Å². The highest BCUT2D eigenvalue weighted by atomic mass is 35.5. The minimum Gasteiger partial charge on any atom is -0.326 e. The van der Waals surface area contributed by atoms with Gasteiger partial charge in [-0.1, -0.05) is 11.6 Å². The van der Waals surface area contributed by atoms with E-state index in [9.17, 15) is 24.0 Å². The molecule has 2 rings (SSSR count). The Morgan fingerprint density at radius 1 is 1.07 bits per heavy atom. The molecular formula is C18H20ClN5O5. The number of benzene rings is 1. The predicted octanol–water partition coefficient (Wildman–Crippen LogP) is 0.459. The van der Waals surface area contributed by atoms with E-state index in [1.165, 1.54) is 0 Å². The summed E-state index contributed by atoms with van der Waals surface area (Å²) in [5.41, 5.74) is 4.49. The molecule has 29 heavy (non-hydrogen) atoms. The summed E-state index contributed by atoms with van der Waals surface area (Å²) in [7, 11) is 0. The molecular weight excluding hydrogens is 402 g/mol. The van der Waals surface area contributed by atoms with Crippen molar-refractivity contribution in [1.82, 2.24) is 10.9 Å². The molecule has 1 atom stereocenters. The van der Waals surface area contributed by atoms with Gasteiger partial charge in [-0.3, -0.25) is 29.4 Å². The number of hydrazone groups is 1. The summed E-state index contributed by atoms with van der Waals surface area (Å²) >= 11 is 5.78. The van der Waals surface area contributed by atoms with E-state index in [1.54, 1.807) is 29.7 Å². The number of amides is 3. The van der Waals surface area contributed by atoms with Crippen LogP contribution in [0.3, 0.4) is 0 Å². The molecule has 1 saturated carbocycles. The number of ketones is 2.